The van der Waals surface area contributed by atoms with E-state index in [9.17, 15) is 18.0 Å². The van der Waals surface area contributed by atoms with Crippen LogP contribution in [-0.4, -0.2) is 33.4 Å². The van der Waals surface area contributed by atoms with Crippen LogP contribution in [-0.2, 0) is 10.9 Å². The summed E-state index contributed by atoms with van der Waals surface area (Å²) in [6.45, 7) is 0.460. The number of benzene rings is 1. The zero-order chi connectivity index (χ0) is 15.2. The zero-order valence-electron chi connectivity index (χ0n) is 11.0. The summed E-state index contributed by atoms with van der Waals surface area (Å²) in [5.74, 6) is 0.0580. The fourth-order valence-corrected chi connectivity index (χ4v) is 1.43. The summed E-state index contributed by atoms with van der Waals surface area (Å²) in [7, 11) is 2.71. The molecule has 0 spiro atoms. The van der Waals surface area contributed by atoms with Crippen molar-refractivity contribution in [3.8, 4) is 5.75 Å². The molecule has 1 rings (SSSR count). The molecule has 1 aromatic rings. The first-order valence-corrected chi connectivity index (χ1v) is 5.67. The minimum absolute atomic E-state index is 0.0580. The highest BCUT2D eigenvalue weighted by atomic mass is 19.4. The highest BCUT2D eigenvalue weighted by Crippen LogP contribution is 2.37. The van der Waals surface area contributed by atoms with Gasteiger partial charge in [0.15, 0.2) is 0 Å². The Kier molecular flexibility index (Phi) is 5.63. The van der Waals surface area contributed by atoms with E-state index in [2.05, 4.69) is 10.6 Å². The molecule has 0 fully saturated rings. The second-order valence-electron chi connectivity index (χ2n) is 3.78. The topological polar surface area (TPSA) is 59.6 Å². The molecule has 0 aliphatic rings. The van der Waals surface area contributed by atoms with E-state index < -0.39 is 17.8 Å². The molecule has 0 aliphatic heterocycles. The summed E-state index contributed by atoms with van der Waals surface area (Å²) in [4.78, 5) is 11.4. The molecule has 1 aromatic carbocycles. The molecule has 0 radical (unpaired) electrons. The summed E-state index contributed by atoms with van der Waals surface area (Å²) in [5.41, 5.74) is -1.31. The monoisotopic (exact) mass is 292 g/mol. The second kappa shape index (κ2) is 6.99. The molecular weight excluding hydrogens is 277 g/mol. The SMILES string of the molecule is COCCNC(=O)Nc1ccc(OC)cc1C(F)(F)F. The average Bonchev–Trinajstić information content (AvgIpc) is 2.38. The van der Waals surface area contributed by atoms with Crippen LogP contribution >= 0.6 is 0 Å². The van der Waals surface area contributed by atoms with Crippen LogP contribution in [0.1, 0.15) is 5.56 Å². The van der Waals surface area contributed by atoms with Crippen molar-refractivity contribution in [1.82, 2.24) is 5.32 Å². The summed E-state index contributed by atoms with van der Waals surface area (Å²) in [6, 6.07) is 2.56. The van der Waals surface area contributed by atoms with Crippen LogP contribution in [0.4, 0.5) is 23.7 Å². The van der Waals surface area contributed by atoms with Crippen molar-refractivity contribution in [2.45, 2.75) is 6.18 Å². The number of methoxy groups -OCH3 is 2. The lowest BCUT2D eigenvalue weighted by molar-refractivity contribution is -0.137. The van der Waals surface area contributed by atoms with Crippen LogP contribution in [0, 0.1) is 0 Å². The first kappa shape index (κ1) is 16.1. The molecule has 2 amide bonds. The lowest BCUT2D eigenvalue weighted by Gasteiger charge is -2.15. The number of halogens is 3. The van der Waals surface area contributed by atoms with Gasteiger partial charge in [0.05, 0.1) is 25.0 Å². The van der Waals surface area contributed by atoms with Gasteiger partial charge in [-0.2, -0.15) is 13.2 Å². The third-order valence-corrected chi connectivity index (χ3v) is 2.37. The van der Waals surface area contributed by atoms with Crippen molar-refractivity contribution >= 4 is 11.7 Å². The molecule has 0 unspecified atom stereocenters. The number of alkyl halides is 3. The van der Waals surface area contributed by atoms with Gasteiger partial charge in [0, 0.05) is 13.7 Å². The normalized spacial score (nSPS) is 11.1. The van der Waals surface area contributed by atoms with Crippen molar-refractivity contribution in [3.05, 3.63) is 23.8 Å². The standard InChI is InChI=1S/C12H15F3N2O3/c1-19-6-5-16-11(18)17-10-4-3-8(20-2)7-9(10)12(13,14)15/h3-4,7H,5-6H2,1-2H3,(H2,16,17,18). The third kappa shape index (κ3) is 4.61. The first-order chi connectivity index (χ1) is 9.38. The van der Waals surface area contributed by atoms with Gasteiger partial charge in [-0.1, -0.05) is 0 Å². The van der Waals surface area contributed by atoms with Gasteiger partial charge < -0.3 is 20.1 Å². The fraction of sp³-hybridized carbons (Fsp3) is 0.417. The Balaban J connectivity index is 2.86. The Hall–Kier alpha value is -1.96. The maximum Gasteiger partial charge on any atom is 0.418 e. The number of nitrogens with one attached hydrogen (secondary N) is 2. The van der Waals surface area contributed by atoms with E-state index in [1.807, 2.05) is 0 Å². The van der Waals surface area contributed by atoms with E-state index in [1.165, 1.54) is 20.3 Å². The minimum Gasteiger partial charge on any atom is -0.497 e. The molecule has 20 heavy (non-hydrogen) atoms. The van der Waals surface area contributed by atoms with Gasteiger partial charge in [0.25, 0.3) is 0 Å². The van der Waals surface area contributed by atoms with Crippen molar-refractivity contribution < 1.29 is 27.4 Å². The molecule has 0 heterocycles. The van der Waals surface area contributed by atoms with Gasteiger partial charge in [-0.05, 0) is 18.2 Å². The van der Waals surface area contributed by atoms with Crippen LogP contribution in [0.2, 0.25) is 0 Å². The largest absolute Gasteiger partial charge is 0.497 e. The third-order valence-electron chi connectivity index (χ3n) is 2.37. The summed E-state index contributed by atoms with van der Waals surface area (Å²) in [5, 5.41) is 4.51. The lowest BCUT2D eigenvalue weighted by Crippen LogP contribution is -2.32. The molecule has 0 aromatic heterocycles. The Morgan fingerprint density at radius 3 is 2.55 bits per heavy atom. The number of carbonyl (C=O) groups is 1. The van der Waals surface area contributed by atoms with E-state index >= 15 is 0 Å². The van der Waals surface area contributed by atoms with E-state index in [0.717, 1.165) is 12.1 Å². The van der Waals surface area contributed by atoms with Crippen molar-refractivity contribution in [2.75, 3.05) is 32.7 Å². The molecule has 8 heteroatoms. The number of rotatable bonds is 5. The minimum atomic E-state index is -4.59. The van der Waals surface area contributed by atoms with Crippen molar-refractivity contribution in [3.63, 3.8) is 0 Å². The molecule has 112 valence electrons. The Morgan fingerprint density at radius 1 is 1.30 bits per heavy atom. The zero-order valence-corrected chi connectivity index (χ0v) is 11.0. The first-order valence-electron chi connectivity index (χ1n) is 5.67. The Labute approximate surface area is 114 Å². The van der Waals surface area contributed by atoms with Gasteiger partial charge >= 0.3 is 12.2 Å². The van der Waals surface area contributed by atoms with Crippen LogP contribution < -0.4 is 15.4 Å². The summed E-state index contributed by atoms with van der Waals surface area (Å²) in [6.07, 6.45) is -4.59. The van der Waals surface area contributed by atoms with E-state index in [4.69, 9.17) is 9.47 Å². The molecule has 0 saturated carbocycles. The smallest absolute Gasteiger partial charge is 0.418 e. The fourth-order valence-electron chi connectivity index (χ4n) is 1.43. The maximum absolute atomic E-state index is 12.9. The molecule has 0 aliphatic carbocycles. The molecular formula is C12H15F3N2O3. The number of hydrogen-bond donors (Lipinski definition) is 2. The lowest BCUT2D eigenvalue weighted by atomic mass is 10.1. The highest BCUT2D eigenvalue weighted by molar-refractivity contribution is 5.90. The predicted octanol–water partition coefficient (Wildman–Crippen LogP) is 2.48. The van der Waals surface area contributed by atoms with Crippen LogP contribution in [0.15, 0.2) is 18.2 Å². The van der Waals surface area contributed by atoms with Gasteiger partial charge in [-0.15, -0.1) is 0 Å². The molecule has 0 atom stereocenters. The van der Waals surface area contributed by atoms with Gasteiger partial charge in [-0.3, -0.25) is 0 Å². The Morgan fingerprint density at radius 2 is 2.00 bits per heavy atom. The van der Waals surface area contributed by atoms with E-state index in [1.54, 1.807) is 0 Å². The second-order valence-corrected chi connectivity index (χ2v) is 3.78. The van der Waals surface area contributed by atoms with Crippen molar-refractivity contribution in [2.24, 2.45) is 0 Å². The Bertz CT molecular complexity index is 464. The molecule has 0 saturated heterocycles. The van der Waals surface area contributed by atoms with Gasteiger partial charge in [-0.25, -0.2) is 4.79 Å². The molecule has 2 N–H and O–H groups in total. The van der Waals surface area contributed by atoms with E-state index in [0.29, 0.717) is 0 Å². The average molecular weight is 292 g/mol. The van der Waals surface area contributed by atoms with E-state index in [-0.39, 0.29) is 24.6 Å². The number of urea groups is 1. The predicted molar refractivity (Wildman–Crippen MR) is 66.9 cm³/mol. The summed E-state index contributed by atoms with van der Waals surface area (Å²) >= 11 is 0. The van der Waals surface area contributed by atoms with Gasteiger partial charge in [0.1, 0.15) is 5.75 Å². The molecule has 5 nitrogen and oxygen atoms in total. The van der Waals surface area contributed by atoms with Crippen LogP contribution in [0.25, 0.3) is 0 Å². The van der Waals surface area contributed by atoms with Crippen LogP contribution in [0.5, 0.6) is 5.75 Å². The number of anilines is 1. The van der Waals surface area contributed by atoms with Crippen LogP contribution in [0.3, 0.4) is 0 Å². The number of amides is 2. The van der Waals surface area contributed by atoms with Gasteiger partial charge in [0.2, 0.25) is 0 Å². The maximum atomic E-state index is 12.9. The summed E-state index contributed by atoms with van der Waals surface area (Å²) < 4.78 is 48.1. The quantitative estimate of drug-likeness (QED) is 0.820. The number of carbonyl (C=O) groups excluding carboxylic acids is 1. The molecule has 0 bridgehead atoms. The number of hydrogen-bond acceptors (Lipinski definition) is 3. The number of ether oxygens (including phenoxy) is 2. The highest BCUT2D eigenvalue weighted by Gasteiger charge is 2.34. The van der Waals surface area contributed by atoms with Crippen molar-refractivity contribution in [1.29, 1.82) is 0 Å².